The third-order valence-corrected chi connectivity index (χ3v) is 16.5. The Morgan fingerprint density at radius 2 is 0.928 bits per heavy atom. The standard InChI is InChI=1S/C62H45N5O2/c1-7-19-47(66-48-20-8-2-16-44(48)56-51(66)27-25-42-40-14-5-11-23-53(40)68-58(42)56)39(13-1)32-55-63-60(65-61(64-55)62-33-36-29-37(34-62)31-38(30-36)35-62)46-18-4-10-22-50(46)67-49-21-9-3-17-45(49)57-52(67)28-26-43-41-15-6-12-24-54(41)69-59(43)57/h1-28,36-38H,29-35H2. The topological polar surface area (TPSA) is 74.8 Å². The van der Waals surface area contributed by atoms with Crippen LogP contribution < -0.4 is 0 Å². The van der Waals surface area contributed by atoms with Crippen molar-refractivity contribution in [1.29, 1.82) is 0 Å². The highest BCUT2D eigenvalue weighted by Crippen LogP contribution is 2.60. The average Bonchev–Trinajstić information content (AvgIpc) is 4.14. The number of nitrogens with zero attached hydrogens (tertiary/aromatic N) is 5. The van der Waals surface area contributed by atoms with Gasteiger partial charge in [0.1, 0.15) is 34.0 Å². The number of hydrogen-bond donors (Lipinski definition) is 0. The molecule has 8 aromatic carbocycles. The largest absolute Gasteiger partial charge is 0.455 e. The van der Waals surface area contributed by atoms with Crippen molar-refractivity contribution in [2.75, 3.05) is 0 Å². The molecule has 5 heterocycles. The van der Waals surface area contributed by atoms with Gasteiger partial charge in [-0.1, -0.05) is 103 Å². The predicted molar refractivity (Wildman–Crippen MR) is 278 cm³/mol. The van der Waals surface area contributed by atoms with Crippen LogP contribution in [-0.4, -0.2) is 24.1 Å². The van der Waals surface area contributed by atoms with Crippen molar-refractivity contribution in [3.63, 3.8) is 0 Å². The molecule has 4 fully saturated rings. The molecule has 0 saturated heterocycles. The van der Waals surface area contributed by atoms with E-state index >= 15 is 0 Å². The van der Waals surface area contributed by atoms with Crippen LogP contribution in [0, 0.1) is 17.8 Å². The highest BCUT2D eigenvalue weighted by Gasteiger charge is 2.53. The molecule has 17 rings (SSSR count). The van der Waals surface area contributed by atoms with Gasteiger partial charge >= 0.3 is 0 Å². The van der Waals surface area contributed by atoms with E-state index in [9.17, 15) is 0 Å². The van der Waals surface area contributed by atoms with Crippen LogP contribution >= 0.6 is 0 Å². The second kappa shape index (κ2) is 14.0. The number of furan rings is 2. The molecule has 0 N–H and O–H groups in total. The van der Waals surface area contributed by atoms with E-state index < -0.39 is 0 Å². The molecule has 4 bridgehead atoms. The molecular weight excluding hydrogens is 847 g/mol. The zero-order valence-electron chi connectivity index (χ0n) is 37.9. The molecule has 7 nitrogen and oxygen atoms in total. The molecule has 69 heavy (non-hydrogen) atoms. The number of benzene rings is 8. The molecular formula is C62H45N5O2. The Kier molecular flexibility index (Phi) is 7.72. The molecule has 4 aliphatic carbocycles. The molecule has 0 atom stereocenters. The molecule has 0 spiro atoms. The lowest BCUT2D eigenvalue weighted by Gasteiger charge is -2.56. The molecule has 4 saturated carbocycles. The van der Waals surface area contributed by atoms with E-state index in [1.807, 2.05) is 12.1 Å². The van der Waals surface area contributed by atoms with E-state index in [0.717, 1.165) is 140 Å². The Hall–Kier alpha value is -8.03. The minimum Gasteiger partial charge on any atom is -0.455 e. The minimum absolute atomic E-state index is 0.0415. The second-order valence-corrected chi connectivity index (χ2v) is 20.5. The Morgan fingerprint density at radius 3 is 1.54 bits per heavy atom. The van der Waals surface area contributed by atoms with Gasteiger partial charge in [0.15, 0.2) is 5.82 Å². The average molecular weight is 892 g/mol. The smallest absolute Gasteiger partial charge is 0.165 e. The zero-order chi connectivity index (χ0) is 45.0. The van der Waals surface area contributed by atoms with Crippen LogP contribution in [-0.2, 0) is 11.8 Å². The van der Waals surface area contributed by atoms with Crippen molar-refractivity contribution in [3.8, 4) is 22.8 Å². The molecule has 5 aromatic heterocycles. The zero-order valence-corrected chi connectivity index (χ0v) is 37.9. The van der Waals surface area contributed by atoms with Crippen LogP contribution in [0.2, 0.25) is 0 Å². The van der Waals surface area contributed by atoms with Gasteiger partial charge < -0.3 is 18.0 Å². The first-order valence-corrected chi connectivity index (χ1v) is 24.7. The third-order valence-electron chi connectivity index (χ3n) is 16.5. The van der Waals surface area contributed by atoms with Crippen LogP contribution in [0.1, 0.15) is 55.7 Å². The van der Waals surface area contributed by atoms with Crippen LogP contribution in [0.25, 0.3) is 110 Å². The molecule has 0 amide bonds. The lowest BCUT2D eigenvalue weighted by Crippen LogP contribution is -2.49. The molecule has 13 aromatic rings. The fourth-order valence-electron chi connectivity index (χ4n) is 14.1. The fourth-order valence-corrected chi connectivity index (χ4v) is 14.1. The highest BCUT2D eigenvalue weighted by atomic mass is 16.3. The number of rotatable bonds is 6. The van der Waals surface area contributed by atoms with Crippen LogP contribution in [0.5, 0.6) is 0 Å². The van der Waals surface area contributed by atoms with Crippen molar-refractivity contribution in [2.45, 2.75) is 50.4 Å². The summed E-state index contributed by atoms with van der Waals surface area (Å²) in [6, 6.07) is 60.7. The summed E-state index contributed by atoms with van der Waals surface area (Å²) in [5.41, 5.74) is 12.3. The van der Waals surface area contributed by atoms with Gasteiger partial charge in [-0.3, -0.25) is 0 Å². The van der Waals surface area contributed by atoms with E-state index in [-0.39, 0.29) is 5.41 Å². The summed E-state index contributed by atoms with van der Waals surface area (Å²) < 4.78 is 18.2. The van der Waals surface area contributed by atoms with Crippen molar-refractivity contribution in [1.82, 2.24) is 24.1 Å². The summed E-state index contributed by atoms with van der Waals surface area (Å²) in [4.78, 5) is 16.9. The van der Waals surface area contributed by atoms with Crippen LogP contribution in [0.4, 0.5) is 0 Å². The maximum Gasteiger partial charge on any atom is 0.165 e. The minimum atomic E-state index is -0.0415. The monoisotopic (exact) mass is 891 g/mol. The number of para-hydroxylation sites is 6. The lowest BCUT2D eigenvalue weighted by atomic mass is 9.49. The van der Waals surface area contributed by atoms with E-state index in [4.69, 9.17) is 23.8 Å². The maximum atomic E-state index is 6.71. The fraction of sp³-hybridized carbons (Fsp3) is 0.177. The summed E-state index contributed by atoms with van der Waals surface area (Å²) in [7, 11) is 0. The number of hydrogen-bond acceptors (Lipinski definition) is 5. The lowest BCUT2D eigenvalue weighted by molar-refractivity contribution is -0.00954. The van der Waals surface area contributed by atoms with Gasteiger partial charge in [0.25, 0.3) is 0 Å². The van der Waals surface area contributed by atoms with Gasteiger partial charge in [-0.05, 0) is 129 Å². The summed E-state index contributed by atoms with van der Waals surface area (Å²) >= 11 is 0. The first kappa shape index (κ1) is 38.0. The Bertz CT molecular complexity index is 4260. The molecule has 4 aliphatic rings. The Balaban J connectivity index is 0.901. The Labute approximate surface area is 396 Å². The van der Waals surface area contributed by atoms with Crippen molar-refractivity contribution in [2.24, 2.45) is 17.8 Å². The molecule has 0 aliphatic heterocycles. The molecule has 330 valence electrons. The van der Waals surface area contributed by atoms with Gasteiger partial charge in [-0.25, -0.2) is 15.0 Å². The normalized spacial score (nSPS) is 20.1. The third kappa shape index (κ3) is 5.41. The Morgan fingerprint density at radius 1 is 0.435 bits per heavy atom. The summed E-state index contributed by atoms with van der Waals surface area (Å²) in [5.74, 6) is 4.76. The molecule has 0 radical (unpaired) electrons. The first-order chi connectivity index (χ1) is 34.1. The van der Waals surface area contributed by atoms with Gasteiger partial charge in [0.2, 0.25) is 0 Å². The summed E-state index contributed by atoms with van der Waals surface area (Å²) in [6.07, 6.45) is 8.10. The highest BCUT2D eigenvalue weighted by molar-refractivity contribution is 6.25. The van der Waals surface area contributed by atoms with Crippen molar-refractivity contribution < 1.29 is 8.83 Å². The second-order valence-electron chi connectivity index (χ2n) is 20.5. The van der Waals surface area contributed by atoms with Crippen molar-refractivity contribution >= 4 is 87.5 Å². The van der Waals surface area contributed by atoms with E-state index in [2.05, 4.69) is 167 Å². The van der Waals surface area contributed by atoms with Gasteiger partial charge in [0, 0.05) is 55.4 Å². The SMILES string of the molecule is c1ccc(-n2c3ccccc3c3c4oc5ccccc5c4ccc32)c(Cc2nc(-c3ccccc3-n3c4ccccc4c4c5oc6ccccc6c5ccc43)nc(C34CC5CC(CC(C5)C3)C4)n2)c1. The van der Waals surface area contributed by atoms with Gasteiger partial charge in [-0.15, -0.1) is 0 Å². The van der Waals surface area contributed by atoms with E-state index in [1.165, 1.54) is 43.9 Å². The first-order valence-electron chi connectivity index (χ1n) is 24.7. The van der Waals surface area contributed by atoms with Crippen molar-refractivity contribution in [3.05, 3.63) is 187 Å². The maximum absolute atomic E-state index is 6.71. The van der Waals surface area contributed by atoms with E-state index in [1.54, 1.807) is 0 Å². The molecule has 7 heteroatoms. The van der Waals surface area contributed by atoms with Crippen LogP contribution in [0.15, 0.2) is 179 Å². The summed E-state index contributed by atoms with van der Waals surface area (Å²) in [6.45, 7) is 0. The number of fused-ring (bicyclic) bond motifs is 14. The summed E-state index contributed by atoms with van der Waals surface area (Å²) in [5, 5.41) is 9.08. The van der Waals surface area contributed by atoms with Gasteiger partial charge in [-0.2, -0.15) is 0 Å². The molecule has 0 unspecified atom stereocenters. The van der Waals surface area contributed by atoms with E-state index in [0.29, 0.717) is 6.42 Å². The van der Waals surface area contributed by atoms with Crippen LogP contribution in [0.3, 0.4) is 0 Å². The number of aromatic nitrogens is 5. The van der Waals surface area contributed by atoms with Gasteiger partial charge in [0.05, 0.1) is 38.5 Å². The quantitative estimate of drug-likeness (QED) is 0.166. The predicted octanol–water partition coefficient (Wildman–Crippen LogP) is 15.6.